The van der Waals surface area contributed by atoms with Gasteiger partial charge in [0.2, 0.25) is 6.29 Å². The van der Waals surface area contributed by atoms with Crippen molar-refractivity contribution in [3.8, 4) is 0 Å². The molecule has 9 rings (SSSR count). The first-order valence-corrected chi connectivity index (χ1v) is 28.0. The van der Waals surface area contributed by atoms with E-state index in [0.29, 0.717) is 51.4 Å². The number of carbonyl (C=O) groups is 1. The highest BCUT2D eigenvalue weighted by molar-refractivity contribution is 5.79. The van der Waals surface area contributed by atoms with Crippen molar-refractivity contribution in [1.29, 1.82) is 0 Å². The molecule has 0 aromatic rings. The summed E-state index contributed by atoms with van der Waals surface area (Å²) in [5.74, 6) is -0.919. The van der Waals surface area contributed by atoms with Crippen molar-refractivity contribution >= 4 is 5.97 Å². The molecule has 4 saturated heterocycles. The minimum Gasteiger partial charge on any atom is -0.432 e. The van der Waals surface area contributed by atoms with Gasteiger partial charge in [0.25, 0.3) is 0 Å². The third-order valence-electron chi connectivity index (χ3n) is 21.6. The third-order valence-corrected chi connectivity index (χ3v) is 21.6. The minimum atomic E-state index is -1.97. The zero-order chi connectivity index (χ0) is 57.0. The summed E-state index contributed by atoms with van der Waals surface area (Å²) in [6.45, 7) is 9.78. The number of aliphatic hydroxyl groups excluding tert-OH is 15. The molecule has 0 spiro atoms. The van der Waals surface area contributed by atoms with Crippen LogP contribution in [0.5, 0.6) is 0 Å². The Morgan fingerprint density at radius 3 is 1.55 bits per heavy atom. The lowest BCUT2D eigenvalue weighted by atomic mass is 9.33. The summed E-state index contributed by atoms with van der Waals surface area (Å²) in [6.07, 6.45) is -26.8. The lowest BCUT2D eigenvalue weighted by molar-refractivity contribution is -0.400. The number of hydrogen-bond acceptors (Lipinski definition) is 24. The Morgan fingerprint density at radius 1 is 0.526 bits per heavy atom. The molecule has 448 valence electrons. The van der Waals surface area contributed by atoms with Crippen molar-refractivity contribution in [1.82, 2.24) is 0 Å². The van der Waals surface area contributed by atoms with E-state index in [2.05, 4.69) is 40.7 Å². The fourth-order valence-electron chi connectivity index (χ4n) is 16.5. The maximum atomic E-state index is 14.8. The maximum Gasteiger partial charge on any atom is 0.315 e. The standard InChI is InChI=1S/C54H88O24/c1-49(2)13-15-54(48(70)78-46-41(69)38(66)34(62)27(20-57)73-46)16-14-52(5)23(24(54)17-49)7-8-30-50(3)11-10-31(51(4,22-59)29(50)9-12-53(30,52)6)75-47-43(77-45-40(68)37(65)33(61)26(19-56)72-45)42(35(63)28(21-58)74-47)76-44-39(67)36(64)32(60)25(18-55)71-44/h7,24-47,55-69H,8-22H2,1-6H3/t24-,25+,26+,27+,28+,29+,30+,31-,32+,33+,34+,35+,36-,37-,38-,39+,40+,41+,42-,43+,44-,45-,46-,47-,50-,51-,52?,53?,54?/m1/s1. The molecule has 0 aromatic carbocycles. The first-order chi connectivity index (χ1) is 36.6. The van der Waals surface area contributed by atoms with Gasteiger partial charge in [0.15, 0.2) is 18.9 Å². The highest BCUT2D eigenvalue weighted by atomic mass is 16.8. The van der Waals surface area contributed by atoms with Gasteiger partial charge in [0, 0.05) is 5.41 Å². The zero-order valence-corrected chi connectivity index (χ0v) is 45.4. The number of ether oxygens (including phenoxy) is 8. The molecule has 9 aliphatic rings. The summed E-state index contributed by atoms with van der Waals surface area (Å²) in [7, 11) is 0. The molecule has 5 aliphatic carbocycles. The highest BCUT2D eigenvalue weighted by Gasteiger charge is 2.71. The van der Waals surface area contributed by atoms with E-state index in [1.165, 1.54) is 5.57 Å². The predicted octanol–water partition coefficient (Wildman–Crippen LogP) is -3.06. The van der Waals surface area contributed by atoms with Gasteiger partial charge in [-0.1, -0.05) is 53.2 Å². The fraction of sp³-hybridized carbons (Fsp3) is 0.944. The van der Waals surface area contributed by atoms with Crippen LogP contribution in [-0.2, 0) is 42.7 Å². The summed E-state index contributed by atoms with van der Waals surface area (Å²) in [5, 5.41) is 161. The topological polar surface area (TPSA) is 394 Å². The molecule has 0 radical (unpaired) electrons. The van der Waals surface area contributed by atoms with Crippen LogP contribution in [0.2, 0.25) is 0 Å². The molecule has 29 atom stereocenters. The molecule has 24 nitrogen and oxygen atoms in total. The van der Waals surface area contributed by atoms with E-state index >= 15 is 0 Å². The average molecular weight is 1120 g/mol. The molecule has 4 saturated carbocycles. The fourth-order valence-corrected chi connectivity index (χ4v) is 16.5. The number of allylic oxidation sites excluding steroid dienone is 2. The molecule has 0 bridgehead atoms. The van der Waals surface area contributed by atoms with E-state index in [4.69, 9.17) is 37.9 Å². The van der Waals surface area contributed by atoms with Crippen LogP contribution in [0.1, 0.15) is 106 Å². The molecule has 0 amide bonds. The van der Waals surface area contributed by atoms with Crippen LogP contribution in [-0.4, -0.2) is 245 Å². The molecule has 0 aromatic heterocycles. The quantitative estimate of drug-likeness (QED) is 0.0494. The first kappa shape index (κ1) is 60.9. The number of rotatable bonds is 13. The molecule has 4 heterocycles. The first-order valence-electron chi connectivity index (χ1n) is 28.0. The highest BCUT2D eigenvalue weighted by Crippen LogP contribution is 2.76. The van der Waals surface area contributed by atoms with Crippen LogP contribution in [0, 0.1) is 50.2 Å². The normalized spacial score (nSPS) is 54.1. The predicted molar refractivity (Wildman–Crippen MR) is 264 cm³/mol. The summed E-state index contributed by atoms with van der Waals surface area (Å²) >= 11 is 0. The maximum absolute atomic E-state index is 14.8. The number of esters is 1. The second kappa shape index (κ2) is 22.4. The van der Waals surface area contributed by atoms with Crippen LogP contribution in [0.25, 0.3) is 0 Å². The van der Waals surface area contributed by atoms with Gasteiger partial charge in [-0.15, -0.1) is 0 Å². The molecular formula is C54H88O24. The Kier molecular flexibility index (Phi) is 17.5. The molecular weight excluding hydrogens is 1030 g/mol. The lowest BCUT2D eigenvalue weighted by Crippen LogP contribution is -2.69. The van der Waals surface area contributed by atoms with Crippen LogP contribution >= 0.6 is 0 Å². The van der Waals surface area contributed by atoms with Crippen molar-refractivity contribution in [2.24, 2.45) is 50.2 Å². The molecule has 15 N–H and O–H groups in total. The van der Waals surface area contributed by atoms with Gasteiger partial charge in [0.1, 0.15) is 97.7 Å². The van der Waals surface area contributed by atoms with E-state index in [9.17, 15) is 81.4 Å². The van der Waals surface area contributed by atoms with Crippen LogP contribution < -0.4 is 0 Å². The van der Waals surface area contributed by atoms with Gasteiger partial charge in [-0.25, -0.2) is 0 Å². The van der Waals surface area contributed by atoms with Gasteiger partial charge in [-0.2, -0.15) is 0 Å². The molecule has 78 heavy (non-hydrogen) atoms. The van der Waals surface area contributed by atoms with Crippen molar-refractivity contribution in [3.63, 3.8) is 0 Å². The second-order valence-electron chi connectivity index (χ2n) is 26.1. The van der Waals surface area contributed by atoms with Crippen LogP contribution in [0.4, 0.5) is 0 Å². The second-order valence-corrected chi connectivity index (χ2v) is 26.1. The van der Waals surface area contributed by atoms with Gasteiger partial charge >= 0.3 is 5.97 Å². The van der Waals surface area contributed by atoms with Crippen molar-refractivity contribution in [2.75, 3.05) is 33.0 Å². The third kappa shape index (κ3) is 9.76. The van der Waals surface area contributed by atoms with Gasteiger partial charge in [-0.3, -0.25) is 4.79 Å². The minimum absolute atomic E-state index is 0.0629. The van der Waals surface area contributed by atoms with Gasteiger partial charge < -0.3 is 114 Å². The van der Waals surface area contributed by atoms with E-state index in [0.717, 1.165) is 12.8 Å². The van der Waals surface area contributed by atoms with Crippen molar-refractivity contribution in [2.45, 2.75) is 235 Å². The summed E-state index contributed by atoms with van der Waals surface area (Å²) in [5.41, 5.74) is -2.09. The smallest absolute Gasteiger partial charge is 0.315 e. The van der Waals surface area contributed by atoms with Crippen molar-refractivity contribution in [3.05, 3.63) is 11.6 Å². The molecule has 24 heteroatoms. The number of carbonyl (C=O) groups excluding carboxylic acids is 1. The largest absolute Gasteiger partial charge is 0.432 e. The van der Waals surface area contributed by atoms with Crippen LogP contribution in [0.3, 0.4) is 0 Å². The van der Waals surface area contributed by atoms with E-state index < -0.39 is 183 Å². The lowest BCUT2D eigenvalue weighted by Gasteiger charge is -2.71. The average Bonchev–Trinajstić information content (AvgIpc) is 2.55. The Morgan fingerprint density at radius 2 is 1.01 bits per heavy atom. The van der Waals surface area contributed by atoms with E-state index in [1.54, 1.807) is 0 Å². The summed E-state index contributed by atoms with van der Waals surface area (Å²) < 4.78 is 48.7. The monoisotopic (exact) mass is 1120 g/mol. The van der Waals surface area contributed by atoms with Gasteiger partial charge in [0.05, 0.1) is 44.6 Å². The summed E-state index contributed by atoms with van der Waals surface area (Å²) in [4.78, 5) is 14.8. The van der Waals surface area contributed by atoms with E-state index in [1.807, 2.05) is 6.92 Å². The molecule has 3 unspecified atom stereocenters. The Balaban J connectivity index is 1.01. The molecule has 8 fully saturated rings. The zero-order valence-electron chi connectivity index (χ0n) is 45.4. The van der Waals surface area contributed by atoms with Crippen LogP contribution in [0.15, 0.2) is 11.6 Å². The van der Waals surface area contributed by atoms with E-state index in [-0.39, 0.29) is 35.2 Å². The molecule has 4 aliphatic heterocycles. The number of aliphatic hydroxyl groups is 15. The van der Waals surface area contributed by atoms with Gasteiger partial charge in [-0.05, 0) is 104 Å². The number of hydrogen-bond donors (Lipinski definition) is 15. The Hall–Kier alpha value is -1.67. The van der Waals surface area contributed by atoms with Crippen molar-refractivity contribution < 1.29 is 119 Å². The SMILES string of the molecule is CC1(C)CCC2(C(=O)O[C@H]3O[C@@H](CO)[C@H](O)[C@@H](O)[C@@H]3O)CCC3(C)C(=CC[C@@H]4C3(C)CC[C@H]3[C@@]4(C)CC[C@@H](O[C@H]4O[C@@H](CO)[C@H](O)[C@@H](O[C@H]5O[C@@H](CO)[C@H](O)[C@@H](O)[C@@H]5O)[C@@H]4O[C@H]4O[C@@H](CO)[C@H](O)[C@@H](O)[C@@H]4O)[C@]3(C)CO)[C@H]2C1. The number of fused-ring (bicyclic) bond motifs is 7. The Bertz CT molecular complexity index is 2130. The Labute approximate surface area is 453 Å². The summed E-state index contributed by atoms with van der Waals surface area (Å²) in [6, 6.07) is 0.